The zero-order chi connectivity index (χ0) is 26.7. The normalized spacial score (nSPS) is 14.8. The van der Waals surface area contributed by atoms with E-state index in [-0.39, 0.29) is 6.17 Å². The molecule has 0 bridgehead atoms. The highest BCUT2D eigenvalue weighted by Gasteiger charge is 2.23. The third-order valence-electron chi connectivity index (χ3n) is 7.07. The van der Waals surface area contributed by atoms with E-state index in [2.05, 4.69) is 100 Å². The van der Waals surface area contributed by atoms with Crippen LogP contribution in [0.15, 0.2) is 150 Å². The van der Waals surface area contributed by atoms with Crippen molar-refractivity contribution >= 4 is 22.4 Å². The molecule has 0 saturated heterocycles. The number of nitrogens with one attached hydrogen (secondary N) is 1. The van der Waals surface area contributed by atoms with Crippen LogP contribution < -0.4 is 5.32 Å². The van der Waals surface area contributed by atoms with Crippen LogP contribution in [0.1, 0.15) is 22.9 Å². The number of rotatable bonds is 5. The van der Waals surface area contributed by atoms with E-state index < -0.39 is 0 Å². The Balaban J connectivity index is 1.39. The summed E-state index contributed by atoms with van der Waals surface area (Å²) in [6.07, 6.45) is 3.17. The Kier molecular flexibility index (Phi) is 6.15. The maximum Gasteiger partial charge on any atom is 0.169 e. The zero-order valence-corrected chi connectivity index (χ0v) is 21.6. The standard InChI is InChI=1S/C35H25N5/c1-3-11-26(12-4-1)33-38-34(27-13-5-2-6-14-27)40-35(39-33)30-21-20-24-10-7-8-15-29(24)31(30)25-16-18-28(19-17-25)32-36-22-9-23-37-32/h1-23,33H,(H,38,39,40). The number of hydrogen-bond acceptors (Lipinski definition) is 5. The van der Waals surface area contributed by atoms with Gasteiger partial charge in [-0.1, -0.05) is 121 Å². The average molecular weight is 516 g/mol. The van der Waals surface area contributed by atoms with E-state index in [4.69, 9.17) is 9.98 Å². The molecule has 190 valence electrons. The summed E-state index contributed by atoms with van der Waals surface area (Å²) in [5.41, 5.74) is 6.27. The van der Waals surface area contributed by atoms with Gasteiger partial charge >= 0.3 is 0 Å². The van der Waals surface area contributed by atoms with Crippen LogP contribution in [0.5, 0.6) is 0 Å². The molecule has 6 aromatic rings. The summed E-state index contributed by atoms with van der Waals surface area (Å²) in [7, 11) is 0. The molecular weight excluding hydrogens is 490 g/mol. The summed E-state index contributed by atoms with van der Waals surface area (Å²) in [5.74, 6) is 2.30. The van der Waals surface area contributed by atoms with E-state index >= 15 is 0 Å². The molecule has 5 nitrogen and oxygen atoms in total. The Bertz CT molecular complexity index is 1850. The third-order valence-corrected chi connectivity index (χ3v) is 7.07. The highest BCUT2D eigenvalue weighted by molar-refractivity contribution is 6.20. The number of amidine groups is 2. The van der Waals surface area contributed by atoms with Crippen LogP contribution in [-0.2, 0) is 0 Å². The van der Waals surface area contributed by atoms with Gasteiger partial charge in [0.1, 0.15) is 11.7 Å². The van der Waals surface area contributed by atoms with Gasteiger partial charge in [-0.2, -0.15) is 0 Å². The molecule has 2 heterocycles. The maximum absolute atomic E-state index is 5.15. The molecule has 1 aliphatic heterocycles. The van der Waals surface area contributed by atoms with Gasteiger partial charge in [0, 0.05) is 34.6 Å². The highest BCUT2D eigenvalue weighted by Crippen LogP contribution is 2.35. The van der Waals surface area contributed by atoms with Gasteiger partial charge in [0.2, 0.25) is 0 Å². The lowest BCUT2D eigenvalue weighted by atomic mass is 9.91. The first-order valence-corrected chi connectivity index (χ1v) is 13.3. The average Bonchev–Trinajstić information content (AvgIpc) is 3.05. The number of benzene rings is 5. The van der Waals surface area contributed by atoms with Crippen LogP contribution in [0.25, 0.3) is 33.3 Å². The minimum atomic E-state index is -0.357. The van der Waals surface area contributed by atoms with Crippen molar-refractivity contribution in [3.05, 3.63) is 156 Å². The van der Waals surface area contributed by atoms with Gasteiger partial charge in [0.05, 0.1) is 0 Å². The Morgan fingerprint density at radius 1 is 0.500 bits per heavy atom. The fraction of sp³-hybridized carbons (Fsp3) is 0.0286. The van der Waals surface area contributed by atoms with Gasteiger partial charge in [0.15, 0.2) is 12.0 Å². The fourth-order valence-electron chi connectivity index (χ4n) is 5.12. The molecule has 0 aliphatic carbocycles. The summed E-state index contributed by atoms with van der Waals surface area (Å²) in [6, 6.07) is 43.5. The van der Waals surface area contributed by atoms with Gasteiger partial charge in [0.25, 0.3) is 0 Å². The van der Waals surface area contributed by atoms with E-state index in [1.807, 2.05) is 42.5 Å². The molecule has 1 aliphatic rings. The van der Waals surface area contributed by atoms with Gasteiger partial charge in [-0.05, 0) is 28.0 Å². The number of aromatic nitrogens is 2. The lowest BCUT2D eigenvalue weighted by molar-refractivity contribution is 0.756. The number of fused-ring (bicyclic) bond motifs is 1. The molecule has 7 rings (SSSR count). The Hall–Kier alpha value is -5.42. The Morgan fingerprint density at radius 3 is 1.93 bits per heavy atom. The molecule has 0 saturated carbocycles. The second-order valence-corrected chi connectivity index (χ2v) is 9.59. The second-order valence-electron chi connectivity index (χ2n) is 9.59. The molecule has 40 heavy (non-hydrogen) atoms. The van der Waals surface area contributed by atoms with Gasteiger partial charge in [-0.25, -0.2) is 20.0 Å². The largest absolute Gasteiger partial charge is 0.324 e. The Morgan fingerprint density at radius 2 is 1.15 bits per heavy atom. The minimum Gasteiger partial charge on any atom is -0.324 e. The van der Waals surface area contributed by atoms with E-state index in [1.165, 1.54) is 5.39 Å². The van der Waals surface area contributed by atoms with Crippen molar-refractivity contribution in [3.8, 4) is 22.5 Å². The van der Waals surface area contributed by atoms with Crippen molar-refractivity contribution in [3.63, 3.8) is 0 Å². The van der Waals surface area contributed by atoms with E-state index in [1.54, 1.807) is 12.4 Å². The first kappa shape index (κ1) is 23.7. The molecule has 1 atom stereocenters. The first-order chi connectivity index (χ1) is 19.8. The van der Waals surface area contributed by atoms with E-state index in [0.717, 1.165) is 50.4 Å². The van der Waals surface area contributed by atoms with Gasteiger partial charge in [-0.15, -0.1) is 0 Å². The monoisotopic (exact) mass is 515 g/mol. The summed E-state index contributed by atoms with van der Waals surface area (Å²) >= 11 is 0. The number of nitrogens with zero attached hydrogens (tertiary/aromatic N) is 4. The third kappa shape index (κ3) is 4.54. The van der Waals surface area contributed by atoms with Crippen molar-refractivity contribution in [2.45, 2.75) is 6.17 Å². The molecule has 0 spiro atoms. The first-order valence-electron chi connectivity index (χ1n) is 13.3. The van der Waals surface area contributed by atoms with Crippen LogP contribution >= 0.6 is 0 Å². The molecular formula is C35H25N5. The highest BCUT2D eigenvalue weighted by atomic mass is 15.2. The SMILES string of the molecule is c1ccc(C2=NC(c3ccccc3)N=C(c3ccc4ccccc4c3-c3ccc(-c4ncccn4)cc3)N2)cc1. The fourth-order valence-corrected chi connectivity index (χ4v) is 5.12. The molecule has 1 N–H and O–H groups in total. The predicted octanol–water partition coefficient (Wildman–Crippen LogP) is 7.46. The number of aliphatic imine (C=N–C) groups is 2. The lowest BCUT2D eigenvalue weighted by Crippen LogP contribution is -2.36. The molecule has 1 aromatic heterocycles. The van der Waals surface area contributed by atoms with Gasteiger partial charge < -0.3 is 5.32 Å². The van der Waals surface area contributed by atoms with Crippen LogP contribution in [-0.4, -0.2) is 21.6 Å². The van der Waals surface area contributed by atoms with Crippen LogP contribution in [0.3, 0.4) is 0 Å². The van der Waals surface area contributed by atoms with Crippen molar-refractivity contribution in [1.29, 1.82) is 0 Å². The van der Waals surface area contributed by atoms with Crippen LogP contribution in [0, 0.1) is 0 Å². The molecule has 0 fully saturated rings. The van der Waals surface area contributed by atoms with Crippen molar-refractivity contribution < 1.29 is 0 Å². The van der Waals surface area contributed by atoms with Gasteiger partial charge in [-0.3, -0.25) is 0 Å². The topological polar surface area (TPSA) is 62.5 Å². The summed E-state index contributed by atoms with van der Waals surface area (Å²) in [4.78, 5) is 19.0. The number of hydrogen-bond donors (Lipinski definition) is 1. The Labute approximate surface area is 232 Å². The molecule has 1 unspecified atom stereocenters. The quantitative estimate of drug-likeness (QED) is 0.259. The van der Waals surface area contributed by atoms with Crippen molar-refractivity contribution in [2.75, 3.05) is 0 Å². The van der Waals surface area contributed by atoms with Crippen LogP contribution in [0.4, 0.5) is 0 Å². The maximum atomic E-state index is 5.15. The summed E-state index contributed by atoms with van der Waals surface area (Å²) in [6.45, 7) is 0. The zero-order valence-electron chi connectivity index (χ0n) is 21.6. The summed E-state index contributed by atoms with van der Waals surface area (Å²) in [5, 5.41) is 5.91. The molecule has 0 amide bonds. The molecule has 5 heteroatoms. The van der Waals surface area contributed by atoms with E-state index in [9.17, 15) is 0 Å². The van der Waals surface area contributed by atoms with E-state index in [0.29, 0.717) is 5.82 Å². The second kappa shape index (κ2) is 10.4. The molecule has 0 radical (unpaired) electrons. The van der Waals surface area contributed by atoms with Crippen LogP contribution in [0.2, 0.25) is 0 Å². The molecule has 5 aromatic carbocycles. The van der Waals surface area contributed by atoms with Crippen molar-refractivity contribution in [2.24, 2.45) is 9.98 Å². The smallest absolute Gasteiger partial charge is 0.169 e. The van der Waals surface area contributed by atoms with Crippen molar-refractivity contribution in [1.82, 2.24) is 15.3 Å². The lowest BCUT2D eigenvalue weighted by Gasteiger charge is -2.24. The predicted molar refractivity (Wildman–Crippen MR) is 162 cm³/mol. The summed E-state index contributed by atoms with van der Waals surface area (Å²) < 4.78 is 0. The minimum absolute atomic E-state index is 0.357.